The zero-order valence-corrected chi connectivity index (χ0v) is 6.92. The van der Waals surface area contributed by atoms with Crippen molar-refractivity contribution in [1.82, 2.24) is 0 Å². The fourth-order valence-corrected chi connectivity index (χ4v) is 1.22. The van der Waals surface area contributed by atoms with E-state index >= 15 is 0 Å². The van der Waals surface area contributed by atoms with Gasteiger partial charge in [0.2, 0.25) is 0 Å². The number of hydrogen-bond donors (Lipinski definition) is 0. The van der Waals surface area contributed by atoms with Crippen molar-refractivity contribution in [2.45, 2.75) is 31.4 Å². The Hall–Kier alpha value is 0.507. The number of rotatable bonds is 2. The lowest BCUT2D eigenvalue weighted by atomic mass is 10.6. The average Bonchev–Trinajstić information content (AvgIpc) is 1.65. The van der Waals surface area contributed by atoms with Gasteiger partial charge in [-0.05, 0) is 6.42 Å². The summed E-state index contributed by atoms with van der Waals surface area (Å²) in [6.07, 6.45) is 1.13. The number of alkyl halides is 1. The first-order chi connectivity index (χ1) is 3.18. The molecule has 0 amide bonds. The van der Waals surface area contributed by atoms with Crippen molar-refractivity contribution in [3.8, 4) is 0 Å². The van der Waals surface area contributed by atoms with Crippen molar-refractivity contribution in [2.24, 2.45) is 0 Å². The predicted octanol–water partition coefficient (Wildman–Crippen LogP) is 2.30. The zero-order valence-electron chi connectivity index (χ0n) is 5.16. The largest absolute Gasteiger partial charge is 0.127 e. The Morgan fingerprint density at radius 2 is 2.00 bits per heavy atom. The highest BCUT2D eigenvalue weighted by Gasteiger charge is 2.06. The Labute approximate surface area is 52.5 Å². The molecule has 1 atom stereocenters. The molecule has 0 saturated carbocycles. The van der Waals surface area contributed by atoms with Crippen LogP contribution < -0.4 is 0 Å². The number of halogens is 1. The van der Waals surface area contributed by atoms with Crippen LogP contribution >= 0.6 is 11.6 Å². The molecule has 0 aromatic rings. The summed E-state index contributed by atoms with van der Waals surface area (Å²) in [7, 11) is -0.198. The predicted molar refractivity (Wildman–Crippen MR) is 37.4 cm³/mol. The highest BCUT2D eigenvalue weighted by atomic mass is 35.5. The first-order valence-electron chi connectivity index (χ1n) is 2.62. The second-order valence-corrected chi connectivity index (χ2v) is 5.70. The Morgan fingerprint density at radius 3 is 2.00 bits per heavy atom. The molecule has 0 aliphatic carbocycles. The van der Waals surface area contributed by atoms with Gasteiger partial charge in [0.15, 0.2) is 0 Å². The molecule has 0 rings (SSSR count). The second kappa shape index (κ2) is 3.50. The number of hydrogen-bond acceptors (Lipinski definition) is 0. The first kappa shape index (κ1) is 7.51. The van der Waals surface area contributed by atoms with Crippen LogP contribution in [0, 0.1) is 0 Å². The van der Waals surface area contributed by atoms with Gasteiger partial charge in [-0.3, -0.25) is 0 Å². The topological polar surface area (TPSA) is 0 Å². The summed E-state index contributed by atoms with van der Waals surface area (Å²) >= 11 is 5.85. The lowest BCUT2D eigenvalue weighted by Gasteiger charge is -2.05. The van der Waals surface area contributed by atoms with Crippen molar-refractivity contribution < 1.29 is 0 Å². The van der Waals surface area contributed by atoms with E-state index in [4.69, 9.17) is 11.6 Å². The molecule has 1 radical (unpaired) electrons. The van der Waals surface area contributed by atoms with Crippen molar-refractivity contribution in [3.63, 3.8) is 0 Å². The third-order valence-electron chi connectivity index (χ3n) is 0.985. The molecule has 0 aromatic heterocycles. The maximum Gasteiger partial charge on any atom is 0.0635 e. The van der Waals surface area contributed by atoms with Crippen molar-refractivity contribution in [2.75, 3.05) is 0 Å². The standard InChI is InChI=1S/C5H12ClSi/c1-4-5(6)7(2)3/h5H,4H2,1-3H3. The second-order valence-electron chi connectivity index (χ2n) is 1.95. The van der Waals surface area contributed by atoms with Gasteiger partial charge in [0.05, 0.1) is 8.80 Å². The van der Waals surface area contributed by atoms with E-state index in [1.165, 1.54) is 0 Å². The van der Waals surface area contributed by atoms with Gasteiger partial charge in [0.1, 0.15) is 0 Å². The maximum atomic E-state index is 5.85. The van der Waals surface area contributed by atoms with Crippen LogP contribution in [0.4, 0.5) is 0 Å². The Morgan fingerprint density at radius 1 is 1.57 bits per heavy atom. The molecule has 1 unspecified atom stereocenters. The lowest BCUT2D eigenvalue weighted by Crippen LogP contribution is -2.16. The van der Waals surface area contributed by atoms with E-state index in [9.17, 15) is 0 Å². The highest BCUT2D eigenvalue weighted by Crippen LogP contribution is 2.04. The summed E-state index contributed by atoms with van der Waals surface area (Å²) in [6.45, 7) is 6.62. The molecule has 2 heteroatoms. The molecular formula is C5H12ClSi. The summed E-state index contributed by atoms with van der Waals surface area (Å²) in [5.74, 6) is 0. The van der Waals surface area contributed by atoms with Gasteiger partial charge in [0.25, 0.3) is 0 Å². The molecule has 0 aliphatic heterocycles. The van der Waals surface area contributed by atoms with Crippen LogP contribution in [0.15, 0.2) is 0 Å². The van der Waals surface area contributed by atoms with E-state index < -0.39 is 0 Å². The van der Waals surface area contributed by atoms with Gasteiger partial charge in [0, 0.05) is 5.00 Å². The van der Waals surface area contributed by atoms with Crippen molar-refractivity contribution in [3.05, 3.63) is 0 Å². The van der Waals surface area contributed by atoms with E-state index in [0.717, 1.165) is 6.42 Å². The molecule has 0 spiro atoms. The van der Waals surface area contributed by atoms with E-state index in [-0.39, 0.29) is 8.80 Å². The monoisotopic (exact) mass is 135 g/mol. The smallest absolute Gasteiger partial charge is 0.0635 e. The van der Waals surface area contributed by atoms with Crippen molar-refractivity contribution >= 4 is 20.4 Å². The molecule has 0 N–H and O–H groups in total. The Bertz CT molecular complexity index is 45.3. The zero-order chi connectivity index (χ0) is 5.86. The third-order valence-corrected chi connectivity index (χ3v) is 4.26. The SMILES string of the molecule is CCC(Cl)[Si](C)C. The minimum absolute atomic E-state index is 0.198. The van der Waals surface area contributed by atoms with Gasteiger partial charge < -0.3 is 0 Å². The summed E-state index contributed by atoms with van der Waals surface area (Å²) in [5, 5.41) is 0.477. The quantitative estimate of drug-likeness (QED) is 0.403. The maximum absolute atomic E-state index is 5.85. The van der Waals surface area contributed by atoms with Gasteiger partial charge in [-0.1, -0.05) is 20.0 Å². The van der Waals surface area contributed by atoms with Crippen LogP contribution in [-0.4, -0.2) is 13.8 Å². The molecule has 0 aromatic carbocycles. The molecule has 0 saturated heterocycles. The van der Waals surface area contributed by atoms with Gasteiger partial charge in [-0.15, -0.1) is 11.6 Å². The Balaban J connectivity index is 3.14. The van der Waals surface area contributed by atoms with E-state index in [1.807, 2.05) is 0 Å². The van der Waals surface area contributed by atoms with Crippen LogP contribution in [0.2, 0.25) is 13.1 Å². The molecule has 0 aliphatic rings. The normalized spacial score (nSPS) is 15.0. The average molecular weight is 136 g/mol. The van der Waals surface area contributed by atoms with Crippen LogP contribution in [0.5, 0.6) is 0 Å². The molecule has 0 heterocycles. The van der Waals surface area contributed by atoms with Crippen LogP contribution in [-0.2, 0) is 0 Å². The van der Waals surface area contributed by atoms with Crippen molar-refractivity contribution in [1.29, 1.82) is 0 Å². The van der Waals surface area contributed by atoms with E-state index in [1.54, 1.807) is 0 Å². The minimum Gasteiger partial charge on any atom is -0.127 e. The third kappa shape index (κ3) is 3.12. The highest BCUT2D eigenvalue weighted by molar-refractivity contribution is 6.67. The van der Waals surface area contributed by atoms with Crippen LogP contribution in [0.3, 0.4) is 0 Å². The van der Waals surface area contributed by atoms with Gasteiger partial charge >= 0.3 is 0 Å². The minimum atomic E-state index is -0.198. The summed E-state index contributed by atoms with van der Waals surface area (Å²) in [5.41, 5.74) is 0. The molecule has 43 valence electrons. The van der Waals surface area contributed by atoms with E-state index in [0.29, 0.717) is 5.00 Å². The molecule has 7 heavy (non-hydrogen) atoms. The lowest BCUT2D eigenvalue weighted by molar-refractivity contribution is 1.02. The van der Waals surface area contributed by atoms with Crippen LogP contribution in [0.1, 0.15) is 13.3 Å². The summed E-state index contributed by atoms with van der Waals surface area (Å²) < 4.78 is 0. The van der Waals surface area contributed by atoms with Gasteiger partial charge in [-0.2, -0.15) is 0 Å². The van der Waals surface area contributed by atoms with Gasteiger partial charge in [-0.25, -0.2) is 0 Å². The first-order valence-corrected chi connectivity index (χ1v) is 5.64. The van der Waals surface area contributed by atoms with Crippen LogP contribution in [0.25, 0.3) is 0 Å². The molecular weight excluding hydrogens is 124 g/mol. The molecule has 0 bridgehead atoms. The summed E-state index contributed by atoms with van der Waals surface area (Å²) in [6, 6.07) is 0. The molecule has 0 nitrogen and oxygen atoms in total. The Kier molecular flexibility index (Phi) is 3.76. The summed E-state index contributed by atoms with van der Waals surface area (Å²) in [4.78, 5) is 0. The fraction of sp³-hybridized carbons (Fsp3) is 1.00. The molecule has 0 fully saturated rings. The van der Waals surface area contributed by atoms with E-state index in [2.05, 4.69) is 20.0 Å². The fourth-order valence-electron chi connectivity index (χ4n) is 0.408.